The van der Waals surface area contributed by atoms with E-state index >= 15 is 0 Å². The maximum Gasteiger partial charge on any atom is 0.250 e. The number of hydrogen-bond donors (Lipinski definition) is 2. The van der Waals surface area contributed by atoms with E-state index in [1.807, 2.05) is 4.40 Å². The van der Waals surface area contributed by atoms with Crippen LogP contribution in [0.25, 0.3) is 5.65 Å². The molecule has 3 unspecified atom stereocenters. The maximum atomic E-state index is 11.4. The van der Waals surface area contributed by atoms with Crippen molar-refractivity contribution >= 4 is 11.6 Å². The quantitative estimate of drug-likeness (QED) is 0.807. The number of nitrogens with one attached hydrogen (secondary N) is 1. The molecule has 1 amide bonds. The summed E-state index contributed by atoms with van der Waals surface area (Å²) in [5.74, 6) is 2.61. The molecule has 4 heterocycles. The SMILES string of the molecule is C#Cc1nc2ccc(C(N)=O)cn2c1C1CC2CCC1N2. The number of hydrogen-bond acceptors (Lipinski definition) is 3. The largest absolute Gasteiger partial charge is 0.366 e. The molecular weight excluding hydrogens is 264 g/mol. The molecule has 2 bridgehead atoms. The summed E-state index contributed by atoms with van der Waals surface area (Å²) in [5, 5.41) is 3.62. The van der Waals surface area contributed by atoms with Gasteiger partial charge in [0.05, 0.1) is 11.3 Å². The summed E-state index contributed by atoms with van der Waals surface area (Å²) in [6.45, 7) is 0. The molecule has 2 aromatic rings. The van der Waals surface area contributed by atoms with E-state index in [-0.39, 0.29) is 0 Å². The van der Waals surface area contributed by atoms with Gasteiger partial charge in [0.2, 0.25) is 5.91 Å². The van der Waals surface area contributed by atoms with Crippen LogP contribution in [0.3, 0.4) is 0 Å². The van der Waals surface area contributed by atoms with Crippen LogP contribution in [0.2, 0.25) is 0 Å². The topological polar surface area (TPSA) is 72.4 Å². The number of amides is 1. The Labute approximate surface area is 122 Å². The van der Waals surface area contributed by atoms with Gasteiger partial charge in [-0.3, -0.25) is 4.79 Å². The number of nitrogens with two attached hydrogens (primary N) is 1. The predicted octanol–water partition coefficient (Wildman–Crippen LogP) is 1.02. The van der Waals surface area contributed by atoms with Crippen LogP contribution in [0.15, 0.2) is 18.3 Å². The molecule has 2 aliphatic heterocycles. The van der Waals surface area contributed by atoms with Gasteiger partial charge >= 0.3 is 0 Å². The van der Waals surface area contributed by atoms with Crippen molar-refractivity contribution in [3.63, 3.8) is 0 Å². The molecule has 2 fully saturated rings. The number of carbonyl (C=O) groups is 1. The first kappa shape index (κ1) is 12.4. The molecule has 0 aliphatic carbocycles. The minimum absolute atomic E-state index is 0.355. The maximum absolute atomic E-state index is 11.4. The lowest BCUT2D eigenvalue weighted by molar-refractivity contribution is 0.1000. The van der Waals surface area contributed by atoms with Crippen LogP contribution >= 0.6 is 0 Å². The molecule has 0 spiro atoms. The van der Waals surface area contributed by atoms with Crippen molar-refractivity contribution in [1.29, 1.82) is 0 Å². The van der Waals surface area contributed by atoms with E-state index in [2.05, 4.69) is 16.2 Å². The molecule has 2 saturated heterocycles. The van der Waals surface area contributed by atoms with Crippen LogP contribution in [0, 0.1) is 12.3 Å². The van der Waals surface area contributed by atoms with Crippen LogP contribution in [0.1, 0.15) is 46.9 Å². The van der Waals surface area contributed by atoms with E-state index in [4.69, 9.17) is 12.2 Å². The smallest absolute Gasteiger partial charge is 0.250 e. The Balaban J connectivity index is 1.91. The number of aromatic nitrogens is 2. The third kappa shape index (κ3) is 1.76. The zero-order chi connectivity index (χ0) is 14.6. The summed E-state index contributed by atoms with van der Waals surface area (Å²) in [4.78, 5) is 15.9. The van der Waals surface area contributed by atoms with Crippen molar-refractivity contribution in [3.05, 3.63) is 35.3 Å². The highest BCUT2D eigenvalue weighted by Crippen LogP contribution is 2.41. The fraction of sp³-hybridized carbons (Fsp3) is 0.375. The van der Waals surface area contributed by atoms with Gasteiger partial charge < -0.3 is 15.5 Å². The Bertz CT molecular complexity index is 785. The van der Waals surface area contributed by atoms with E-state index in [1.165, 1.54) is 12.8 Å². The molecule has 0 aromatic carbocycles. The highest BCUT2D eigenvalue weighted by molar-refractivity contribution is 5.92. The molecule has 106 valence electrons. The van der Waals surface area contributed by atoms with Crippen molar-refractivity contribution in [2.45, 2.75) is 37.3 Å². The average Bonchev–Trinajstić information content (AvgIpc) is 3.18. The van der Waals surface area contributed by atoms with Crippen LogP contribution in [0.5, 0.6) is 0 Å². The summed E-state index contributed by atoms with van der Waals surface area (Å²) in [7, 11) is 0. The second-order valence-electron chi connectivity index (χ2n) is 5.89. The van der Waals surface area contributed by atoms with Crippen LogP contribution in [-0.4, -0.2) is 27.4 Å². The Morgan fingerprint density at radius 2 is 2.33 bits per heavy atom. The van der Waals surface area contributed by atoms with Crippen LogP contribution in [-0.2, 0) is 0 Å². The van der Waals surface area contributed by atoms with Crippen molar-refractivity contribution in [1.82, 2.24) is 14.7 Å². The molecule has 2 aromatic heterocycles. The number of pyridine rings is 1. The van der Waals surface area contributed by atoms with Crippen molar-refractivity contribution in [2.75, 3.05) is 0 Å². The third-order valence-electron chi connectivity index (χ3n) is 4.73. The summed E-state index contributed by atoms with van der Waals surface area (Å²) in [6.07, 6.45) is 10.9. The normalized spacial score (nSPS) is 27.1. The van der Waals surface area contributed by atoms with Gasteiger partial charge in [0.25, 0.3) is 0 Å². The number of imidazole rings is 1. The van der Waals surface area contributed by atoms with Gasteiger partial charge in [-0.2, -0.15) is 0 Å². The summed E-state index contributed by atoms with van der Waals surface area (Å²) >= 11 is 0. The van der Waals surface area contributed by atoms with E-state index in [0.29, 0.717) is 29.3 Å². The Morgan fingerprint density at radius 1 is 1.48 bits per heavy atom. The molecule has 0 radical (unpaired) electrons. The zero-order valence-corrected chi connectivity index (χ0v) is 11.5. The molecule has 0 saturated carbocycles. The minimum Gasteiger partial charge on any atom is -0.366 e. The number of rotatable bonds is 2. The first-order chi connectivity index (χ1) is 10.2. The van der Waals surface area contributed by atoms with E-state index in [0.717, 1.165) is 17.8 Å². The monoisotopic (exact) mass is 280 g/mol. The van der Waals surface area contributed by atoms with Crippen molar-refractivity contribution < 1.29 is 4.79 Å². The van der Waals surface area contributed by atoms with Gasteiger partial charge in [0.1, 0.15) is 11.3 Å². The first-order valence-electron chi connectivity index (χ1n) is 7.22. The van der Waals surface area contributed by atoms with Gasteiger partial charge in [0.15, 0.2) is 0 Å². The van der Waals surface area contributed by atoms with E-state index < -0.39 is 5.91 Å². The second-order valence-corrected chi connectivity index (χ2v) is 5.89. The molecule has 3 atom stereocenters. The van der Waals surface area contributed by atoms with Gasteiger partial charge in [-0.15, -0.1) is 6.42 Å². The molecule has 4 rings (SSSR count). The fourth-order valence-corrected chi connectivity index (χ4v) is 3.80. The third-order valence-corrected chi connectivity index (χ3v) is 4.73. The lowest BCUT2D eigenvalue weighted by atomic mass is 9.86. The number of carbonyl (C=O) groups excluding carboxylic acids is 1. The fourth-order valence-electron chi connectivity index (χ4n) is 3.80. The average molecular weight is 280 g/mol. The predicted molar refractivity (Wildman–Crippen MR) is 78.9 cm³/mol. The molecule has 5 heteroatoms. The molecule has 3 N–H and O–H groups in total. The summed E-state index contributed by atoms with van der Waals surface area (Å²) < 4.78 is 1.95. The molecule has 21 heavy (non-hydrogen) atoms. The van der Waals surface area contributed by atoms with Crippen LogP contribution in [0.4, 0.5) is 0 Å². The molecule has 5 nitrogen and oxygen atoms in total. The minimum atomic E-state index is -0.440. The lowest BCUT2D eigenvalue weighted by Gasteiger charge is -2.20. The standard InChI is InChI=1S/C16H16N4O/c1-2-12-15(11-7-10-4-5-13(11)18-10)20-8-9(16(17)21)3-6-14(20)19-12/h1,3,6,8,10-11,13,18H,4-5,7H2,(H2,17,21). The van der Waals surface area contributed by atoms with Gasteiger partial charge in [-0.05, 0) is 37.3 Å². The van der Waals surface area contributed by atoms with Crippen molar-refractivity contribution in [2.24, 2.45) is 5.73 Å². The molecule has 2 aliphatic rings. The van der Waals surface area contributed by atoms with E-state index in [9.17, 15) is 4.79 Å². The highest BCUT2D eigenvalue weighted by Gasteiger charge is 2.42. The number of nitrogens with zero attached hydrogens (tertiary/aromatic N) is 2. The summed E-state index contributed by atoms with van der Waals surface area (Å²) in [5.41, 5.74) is 8.34. The van der Waals surface area contributed by atoms with Gasteiger partial charge in [-0.1, -0.05) is 0 Å². The highest BCUT2D eigenvalue weighted by atomic mass is 16.1. The molecular formula is C16H16N4O. The number of fused-ring (bicyclic) bond motifs is 3. The van der Waals surface area contributed by atoms with Crippen molar-refractivity contribution in [3.8, 4) is 12.3 Å². The first-order valence-corrected chi connectivity index (χ1v) is 7.22. The Kier molecular flexibility index (Phi) is 2.57. The number of terminal acetylenes is 1. The summed E-state index contributed by atoms with van der Waals surface area (Å²) in [6, 6.07) is 4.52. The Morgan fingerprint density at radius 3 is 2.95 bits per heavy atom. The van der Waals surface area contributed by atoms with Gasteiger partial charge in [0, 0.05) is 24.2 Å². The zero-order valence-electron chi connectivity index (χ0n) is 11.5. The van der Waals surface area contributed by atoms with Gasteiger partial charge in [-0.25, -0.2) is 4.98 Å². The van der Waals surface area contributed by atoms with Crippen LogP contribution < -0.4 is 11.1 Å². The lowest BCUT2D eigenvalue weighted by Crippen LogP contribution is -2.23. The number of primary amides is 1. The Hall–Kier alpha value is -2.32. The van der Waals surface area contributed by atoms with E-state index in [1.54, 1.807) is 18.3 Å². The second kappa shape index (κ2) is 4.34.